The lowest BCUT2D eigenvalue weighted by Gasteiger charge is -2.25. The van der Waals surface area contributed by atoms with E-state index in [1.807, 2.05) is 30.3 Å². The van der Waals surface area contributed by atoms with Crippen LogP contribution in [0.3, 0.4) is 0 Å². The van der Waals surface area contributed by atoms with Crippen molar-refractivity contribution in [3.63, 3.8) is 0 Å². The molecule has 3 aromatic rings. The average molecular weight is 424 g/mol. The monoisotopic (exact) mass is 423 g/mol. The molecule has 0 atom stereocenters. The van der Waals surface area contributed by atoms with Gasteiger partial charge in [0.05, 0.1) is 22.3 Å². The van der Waals surface area contributed by atoms with Gasteiger partial charge in [-0.05, 0) is 49.1 Å². The number of nitrogens with zero attached hydrogens (tertiary/aromatic N) is 2. The Kier molecular flexibility index (Phi) is 6.11. The van der Waals surface area contributed by atoms with Crippen LogP contribution in [0, 0.1) is 0 Å². The van der Waals surface area contributed by atoms with Gasteiger partial charge in [0.15, 0.2) is 0 Å². The summed E-state index contributed by atoms with van der Waals surface area (Å²) in [5.41, 5.74) is 2.48. The molecule has 7 heteroatoms. The summed E-state index contributed by atoms with van der Waals surface area (Å²) in [4.78, 5) is 17.0. The van der Waals surface area contributed by atoms with Gasteiger partial charge >= 0.3 is 0 Å². The molecule has 1 aromatic heterocycles. The van der Waals surface area contributed by atoms with Crippen LogP contribution >= 0.6 is 0 Å². The smallest absolute Gasteiger partial charge is 0.243 e. The van der Waals surface area contributed by atoms with Crippen molar-refractivity contribution in [2.24, 2.45) is 0 Å². The zero-order valence-electron chi connectivity index (χ0n) is 16.8. The highest BCUT2D eigenvalue weighted by Crippen LogP contribution is 2.21. The minimum absolute atomic E-state index is 0.0999. The SMILES string of the molecule is O=C(CCc1ccc(S(=O)(=O)N2CCCCC2)cc1)Nc1cnc2ccccc2c1. The number of amides is 1. The molecule has 0 aliphatic carbocycles. The molecule has 0 spiro atoms. The number of carbonyl (C=O) groups excluding carboxylic acids is 1. The van der Waals surface area contributed by atoms with Crippen LogP contribution in [0.4, 0.5) is 5.69 Å². The zero-order chi connectivity index (χ0) is 21.0. The van der Waals surface area contributed by atoms with Crippen LogP contribution in [-0.4, -0.2) is 36.7 Å². The Bertz CT molecular complexity index is 1140. The van der Waals surface area contributed by atoms with E-state index in [0.29, 0.717) is 36.5 Å². The first-order valence-corrected chi connectivity index (χ1v) is 11.7. The normalized spacial score (nSPS) is 15.2. The van der Waals surface area contributed by atoms with Gasteiger partial charge in [-0.25, -0.2) is 8.42 Å². The molecule has 0 radical (unpaired) electrons. The Labute approximate surface area is 177 Å². The number of sulfonamides is 1. The number of aromatic nitrogens is 1. The zero-order valence-corrected chi connectivity index (χ0v) is 17.6. The van der Waals surface area contributed by atoms with Crippen molar-refractivity contribution in [1.82, 2.24) is 9.29 Å². The van der Waals surface area contributed by atoms with Crippen LogP contribution < -0.4 is 5.32 Å². The Hall–Kier alpha value is -2.77. The number of hydrogen-bond donors (Lipinski definition) is 1. The fraction of sp³-hybridized carbons (Fsp3) is 0.304. The summed E-state index contributed by atoms with van der Waals surface area (Å²) in [6.07, 6.45) is 5.42. The van der Waals surface area contributed by atoms with Crippen molar-refractivity contribution in [2.75, 3.05) is 18.4 Å². The van der Waals surface area contributed by atoms with Crippen LogP contribution in [0.25, 0.3) is 10.9 Å². The second-order valence-electron chi connectivity index (χ2n) is 7.57. The fourth-order valence-electron chi connectivity index (χ4n) is 3.70. The van der Waals surface area contributed by atoms with Crippen molar-refractivity contribution in [2.45, 2.75) is 37.0 Å². The molecule has 156 valence electrons. The van der Waals surface area contributed by atoms with E-state index < -0.39 is 10.0 Å². The Balaban J connectivity index is 1.34. The predicted molar refractivity (Wildman–Crippen MR) is 118 cm³/mol. The molecule has 1 fully saturated rings. The average Bonchev–Trinajstić information content (AvgIpc) is 2.78. The summed E-state index contributed by atoms with van der Waals surface area (Å²) >= 11 is 0. The number of nitrogens with one attached hydrogen (secondary N) is 1. The number of piperidine rings is 1. The van der Waals surface area contributed by atoms with Crippen LogP contribution in [0.15, 0.2) is 65.7 Å². The number of rotatable bonds is 6. The summed E-state index contributed by atoms with van der Waals surface area (Å²) in [6, 6.07) is 16.5. The number of anilines is 1. The molecule has 2 heterocycles. The second kappa shape index (κ2) is 8.93. The van der Waals surface area contributed by atoms with Gasteiger partial charge in [-0.2, -0.15) is 4.31 Å². The van der Waals surface area contributed by atoms with Gasteiger partial charge in [-0.3, -0.25) is 9.78 Å². The number of fused-ring (bicyclic) bond motifs is 1. The lowest BCUT2D eigenvalue weighted by atomic mass is 10.1. The van der Waals surface area contributed by atoms with Crippen LogP contribution in [-0.2, 0) is 21.2 Å². The Morgan fingerprint density at radius 3 is 2.50 bits per heavy atom. The van der Waals surface area contributed by atoms with Crippen molar-refractivity contribution in [1.29, 1.82) is 0 Å². The van der Waals surface area contributed by atoms with Crippen LogP contribution in [0.2, 0.25) is 0 Å². The molecule has 4 rings (SSSR count). The van der Waals surface area contributed by atoms with Crippen molar-refractivity contribution < 1.29 is 13.2 Å². The highest BCUT2D eigenvalue weighted by molar-refractivity contribution is 7.89. The largest absolute Gasteiger partial charge is 0.325 e. The number of hydrogen-bond acceptors (Lipinski definition) is 4. The van der Waals surface area contributed by atoms with E-state index >= 15 is 0 Å². The summed E-state index contributed by atoms with van der Waals surface area (Å²) in [5, 5.41) is 3.85. The fourth-order valence-corrected chi connectivity index (χ4v) is 5.22. The standard InChI is InChI=1S/C23H25N3O3S/c27-23(25-20-16-19-6-2-3-7-22(19)24-17-20)13-10-18-8-11-21(12-9-18)30(28,29)26-14-4-1-5-15-26/h2-3,6-9,11-12,16-17H,1,4-5,10,13-15H2,(H,25,27). The summed E-state index contributed by atoms with van der Waals surface area (Å²) in [6.45, 7) is 1.18. The van der Waals surface area contributed by atoms with Gasteiger partial charge in [0.25, 0.3) is 0 Å². The third kappa shape index (κ3) is 4.68. The maximum atomic E-state index is 12.7. The molecule has 0 bridgehead atoms. The second-order valence-corrected chi connectivity index (χ2v) is 9.51. The van der Waals surface area contributed by atoms with Gasteiger partial charge in [0.2, 0.25) is 15.9 Å². The van der Waals surface area contributed by atoms with E-state index in [2.05, 4.69) is 10.3 Å². The van der Waals surface area contributed by atoms with Gasteiger partial charge < -0.3 is 5.32 Å². The maximum Gasteiger partial charge on any atom is 0.243 e. The summed E-state index contributed by atoms with van der Waals surface area (Å²) < 4.78 is 27.0. The molecule has 1 aliphatic rings. The molecule has 1 amide bonds. The first-order valence-electron chi connectivity index (χ1n) is 10.3. The van der Waals surface area contributed by atoms with Crippen molar-refractivity contribution in [3.8, 4) is 0 Å². The maximum absolute atomic E-state index is 12.7. The minimum atomic E-state index is -3.42. The Morgan fingerprint density at radius 1 is 1.00 bits per heavy atom. The highest BCUT2D eigenvalue weighted by Gasteiger charge is 2.25. The van der Waals surface area contributed by atoms with E-state index in [4.69, 9.17) is 0 Å². The lowest BCUT2D eigenvalue weighted by Crippen LogP contribution is -2.35. The molecule has 6 nitrogen and oxygen atoms in total. The molecule has 1 aliphatic heterocycles. The minimum Gasteiger partial charge on any atom is -0.325 e. The van der Waals surface area contributed by atoms with Crippen molar-refractivity contribution >= 4 is 32.5 Å². The first-order chi connectivity index (χ1) is 14.5. The molecule has 0 saturated carbocycles. The van der Waals surface area contributed by atoms with Crippen molar-refractivity contribution in [3.05, 3.63) is 66.4 Å². The number of carbonyl (C=O) groups is 1. The molecule has 30 heavy (non-hydrogen) atoms. The van der Waals surface area contributed by atoms with Gasteiger partial charge in [-0.15, -0.1) is 0 Å². The first kappa shape index (κ1) is 20.5. The number of pyridine rings is 1. The van der Waals surface area contributed by atoms with E-state index in [9.17, 15) is 13.2 Å². The summed E-state index contributed by atoms with van der Waals surface area (Å²) in [5.74, 6) is -0.0999. The van der Waals surface area contributed by atoms with Gasteiger partial charge in [0.1, 0.15) is 0 Å². The molecule has 0 unspecified atom stereocenters. The molecule has 1 saturated heterocycles. The number of aryl methyl sites for hydroxylation is 1. The molecule has 2 aromatic carbocycles. The number of benzene rings is 2. The van der Waals surface area contributed by atoms with E-state index in [-0.39, 0.29) is 5.91 Å². The highest BCUT2D eigenvalue weighted by atomic mass is 32.2. The van der Waals surface area contributed by atoms with E-state index in [0.717, 1.165) is 35.7 Å². The topological polar surface area (TPSA) is 79.4 Å². The van der Waals surface area contributed by atoms with E-state index in [1.54, 1.807) is 34.8 Å². The van der Waals surface area contributed by atoms with Crippen LogP contribution in [0.1, 0.15) is 31.2 Å². The Morgan fingerprint density at radius 2 is 1.73 bits per heavy atom. The third-order valence-electron chi connectivity index (χ3n) is 5.39. The molecular formula is C23H25N3O3S. The van der Waals surface area contributed by atoms with Crippen LogP contribution in [0.5, 0.6) is 0 Å². The van der Waals surface area contributed by atoms with Gasteiger partial charge in [0, 0.05) is 24.9 Å². The quantitative estimate of drug-likeness (QED) is 0.650. The summed E-state index contributed by atoms with van der Waals surface area (Å²) in [7, 11) is -3.42. The van der Waals surface area contributed by atoms with E-state index in [1.165, 1.54) is 0 Å². The number of para-hydroxylation sites is 1. The van der Waals surface area contributed by atoms with Gasteiger partial charge in [-0.1, -0.05) is 36.8 Å². The predicted octanol–water partition coefficient (Wildman–Crippen LogP) is 3.98. The lowest BCUT2D eigenvalue weighted by molar-refractivity contribution is -0.116. The molecule has 1 N–H and O–H groups in total. The molecular weight excluding hydrogens is 398 g/mol. The third-order valence-corrected chi connectivity index (χ3v) is 7.30.